The fraction of sp³-hybridized carbons (Fsp3) is 0.625. The molecular formula is C24H33N5O3. The van der Waals surface area contributed by atoms with E-state index in [1.54, 1.807) is 4.90 Å². The van der Waals surface area contributed by atoms with E-state index < -0.39 is 0 Å². The molecule has 1 saturated carbocycles. The quantitative estimate of drug-likeness (QED) is 0.748. The summed E-state index contributed by atoms with van der Waals surface area (Å²) in [6, 6.07) is 8.30. The molecule has 3 aliphatic rings. The maximum absolute atomic E-state index is 12.9. The van der Waals surface area contributed by atoms with Crippen molar-refractivity contribution in [1.29, 1.82) is 0 Å². The van der Waals surface area contributed by atoms with Gasteiger partial charge in [0.15, 0.2) is 0 Å². The predicted octanol–water partition coefficient (Wildman–Crippen LogP) is 2.90. The number of carbonyl (C=O) groups excluding carboxylic acids is 2. The van der Waals surface area contributed by atoms with E-state index in [4.69, 9.17) is 9.72 Å². The molecule has 1 aliphatic carbocycles. The molecule has 1 aromatic heterocycles. The first-order valence-electron chi connectivity index (χ1n) is 11.9. The molecule has 2 N–H and O–H groups in total. The number of rotatable bonds is 5. The monoisotopic (exact) mass is 439 g/mol. The summed E-state index contributed by atoms with van der Waals surface area (Å²) < 4.78 is 5.07. The number of hydrogen-bond donors (Lipinski definition) is 2. The summed E-state index contributed by atoms with van der Waals surface area (Å²) in [7, 11) is 0. The highest BCUT2D eigenvalue weighted by atomic mass is 16.6. The lowest BCUT2D eigenvalue weighted by atomic mass is 9.90. The number of carbonyl (C=O) groups is 2. The first kappa shape index (κ1) is 21.2. The number of fused-ring (bicyclic) bond motifs is 1. The number of para-hydroxylation sites is 2. The second-order valence-electron chi connectivity index (χ2n) is 9.56. The molecule has 1 unspecified atom stereocenters. The van der Waals surface area contributed by atoms with Crippen molar-refractivity contribution in [3.63, 3.8) is 0 Å². The molecule has 1 atom stereocenters. The first-order chi connectivity index (χ1) is 15.6. The highest BCUT2D eigenvalue weighted by Gasteiger charge is 2.58. The SMILES string of the molecule is CCOC(=O)N1CCC(NC(=O)C2CC23CCN(Cc2nc4ccccc4[nH]2)CC3)CC1. The van der Waals surface area contributed by atoms with Crippen molar-refractivity contribution in [1.82, 2.24) is 25.1 Å². The third kappa shape index (κ3) is 4.33. The lowest BCUT2D eigenvalue weighted by Crippen LogP contribution is -2.47. The minimum absolute atomic E-state index is 0.152. The second kappa shape index (κ2) is 8.73. The van der Waals surface area contributed by atoms with E-state index in [-0.39, 0.29) is 29.4 Å². The zero-order chi connectivity index (χ0) is 22.1. The zero-order valence-electron chi connectivity index (χ0n) is 18.8. The Kier molecular flexibility index (Phi) is 5.80. The number of aromatic amines is 1. The van der Waals surface area contributed by atoms with Crippen molar-refractivity contribution in [2.45, 2.75) is 51.6 Å². The summed E-state index contributed by atoms with van der Waals surface area (Å²) in [5.74, 6) is 1.38. The van der Waals surface area contributed by atoms with Gasteiger partial charge >= 0.3 is 6.09 Å². The fourth-order valence-electron chi connectivity index (χ4n) is 5.44. The van der Waals surface area contributed by atoms with Crippen LogP contribution in [0.2, 0.25) is 0 Å². The standard InChI is InChI=1S/C24H33N5O3/c1-2-32-23(31)29-11-7-17(8-12-29)25-22(30)18-15-24(18)9-13-28(14-10-24)16-21-26-19-5-3-4-6-20(19)27-21/h3-6,17-18H,2,7-16H2,1H3,(H,25,30)(H,26,27). The van der Waals surface area contributed by atoms with Crippen LogP contribution in [0.15, 0.2) is 24.3 Å². The van der Waals surface area contributed by atoms with Gasteiger partial charge in [0.25, 0.3) is 0 Å². The van der Waals surface area contributed by atoms with E-state index in [1.165, 1.54) is 0 Å². The summed E-state index contributed by atoms with van der Waals surface area (Å²) in [5, 5.41) is 3.26. The first-order valence-corrected chi connectivity index (χ1v) is 11.9. The van der Waals surface area contributed by atoms with Crippen LogP contribution in [0, 0.1) is 11.3 Å². The van der Waals surface area contributed by atoms with Gasteiger partial charge in [0.2, 0.25) is 5.91 Å². The Hall–Kier alpha value is -2.61. The number of H-pyrrole nitrogens is 1. The van der Waals surface area contributed by atoms with E-state index >= 15 is 0 Å². The third-order valence-corrected chi connectivity index (χ3v) is 7.54. The third-order valence-electron chi connectivity index (χ3n) is 7.54. The number of nitrogens with one attached hydrogen (secondary N) is 2. The molecule has 1 aromatic carbocycles. The van der Waals surface area contributed by atoms with Crippen LogP contribution in [0.5, 0.6) is 0 Å². The normalized spacial score (nSPS) is 23.4. The van der Waals surface area contributed by atoms with Crippen LogP contribution in [-0.4, -0.2) is 70.6 Å². The Balaban J connectivity index is 1.06. The van der Waals surface area contributed by atoms with Crippen LogP contribution in [0.25, 0.3) is 11.0 Å². The maximum Gasteiger partial charge on any atom is 0.409 e. The average Bonchev–Trinajstić information content (AvgIpc) is 3.35. The van der Waals surface area contributed by atoms with Crippen LogP contribution < -0.4 is 5.32 Å². The topological polar surface area (TPSA) is 90.6 Å². The summed E-state index contributed by atoms with van der Waals surface area (Å²) in [4.78, 5) is 37.0. The molecule has 0 radical (unpaired) electrons. The maximum atomic E-state index is 12.9. The minimum Gasteiger partial charge on any atom is -0.450 e. The summed E-state index contributed by atoms with van der Waals surface area (Å²) >= 11 is 0. The van der Waals surface area contributed by atoms with Gasteiger partial charge in [-0.05, 0) is 69.7 Å². The molecule has 2 saturated heterocycles. The van der Waals surface area contributed by atoms with E-state index in [1.807, 2.05) is 25.1 Å². The highest BCUT2D eigenvalue weighted by molar-refractivity contribution is 5.83. The minimum atomic E-state index is -0.243. The van der Waals surface area contributed by atoms with Crippen molar-refractivity contribution in [3.05, 3.63) is 30.1 Å². The Morgan fingerprint density at radius 1 is 1.19 bits per heavy atom. The van der Waals surface area contributed by atoms with E-state index in [9.17, 15) is 9.59 Å². The molecule has 3 fully saturated rings. The summed E-state index contributed by atoms with van der Waals surface area (Å²) in [5.41, 5.74) is 2.30. The molecule has 5 rings (SSSR count). The Bertz CT molecular complexity index is 940. The molecule has 32 heavy (non-hydrogen) atoms. The molecule has 1 spiro atoms. The fourth-order valence-corrected chi connectivity index (χ4v) is 5.44. The van der Waals surface area contributed by atoms with Gasteiger partial charge in [0.05, 0.1) is 24.2 Å². The molecular weight excluding hydrogens is 406 g/mol. The summed E-state index contributed by atoms with van der Waals surface area (Å²) in [6.07, 6.45) is 4.52. The van der Waals surface area contributed by atoms with Gasteiger partial charge < -0.3 is 19.9 Å². The second-order valence-corrected chi connectivity index (χ2v) is 9.56. The van der Waals surface area contributed by atoms with E-state index in [2.05, 4.69) is 21.3 Å². The molecule has 2 aromatic rings. The lowest BCUT2D eigenvalue weighted by Gasteiger charge is -2.33. The Labute approximate surface area is 188 Å². The smallest absolute Gasteiger partial charge is 0.409 e. The molecule has 3 heterocycles. The van der Waals surface area contributed by atoms with Gasteiger partial charge in [0, 0.05) is 25.0 Å². The van der Waals surface area contributed by atoms with Crippen molar-refractivity contribution < 1.29 is 14.3 Å². The number of hydrogen-bond acceptors (Lipinski definition) is 5. The zero-order valence-corrected chi connectivity index (χ0v) is 18.8. The molecule has 2 aliphatic heterocycles. The Morgan fingerprint density at radius 2 is 1.94 bits per heavy atom. The number of likely N-dealkylation sites (tertiary alicyclic amines) is 2. The van der Waals surface area contributed by atoms with Crippen molar-refractivity contribution in [2.24, 2.45) is 11.3 Å². The van der Waals surface area contributed by atoms with Gasteiger partial charge in [0.1, 0.15) is 5.82 Å². The van der Waals surface area contributed by atoms with Crippen molar-refractivity contribution >= 4 is 23.0 Å². The molecule has 8 heteroatoms. The van der Waals surface area contributed by atoms with Crippen LogP contribution in [-0.2, 0) is 16.1 Å². The van der Waals surface area contributed by atoms with Crippen LogP contribution in [0.1, 0.15) is 44.9 Å². The van der Waals surface area contributed by atoms with Crippen LogP contribution in [0.3, 0.4) is 0 Å². The number of nitrogens with zero attached hydrogens (tertiary/aromatic N) is 3. The molecule has 0 bridgehead atoms. The number of benzene rings is 1. The van der Waals surface area contributed by atoms with Gasteiger partial charge in [-0.15, -0.1) is 0 Å². The predicted molar refractivity (Wildman–Crippen MR) is 121 cm³/mol. The number of amides is 2. The van der Waals surface area contributed by atoms with Crippen LogP contribution in [0.4, 0.5) is 4.79 Å². The van der Waals surface area contributed by atoms with Gasteiger partial charge in [-0.25, -0.2) is 9.78 Å². The molecule has 8 nitrogen and oxygen atoms in total. The van der Waals surface area contributed by atoms with Gasteiger partial charge in [-0.3, -0.25) is 9.69 Å². The van der Waals surface area contributed by atoms with Gasteiger partial charge in [-0.2, -0.15) is 0 Å². The number of ether oxygens (including phenoxy) is 1. The number of imidazole rings is 1. The van der Waals surface area contributed by atoms with Crippen molar-refractivity contribution in [3.8, 4) is 0 Å². The summed E-state index contributed by atoms with van der Waals surface area (Å²) in [6.45, 7) is 6.37. The van der Waals surface area contributed by atoms with E-state index in [0.717, 1.165) is 68.6 Å². The lowest BCUT2D eigenvalue weighted by molar-refractivity contribution is -0.124. The Morgan fingerprint density at radius 3 is 2.66 bits per heavy atom. The van der Waals surface area contributed by atoms with Crippen molar-refractivity contribution in [2.75, 3.05) is 32.8 Å². The average molecular weight is 440 g/mol. The highest BCUT2D eigenvalue weighted by Crippen LogP contribution is 2.59. The van der Waals surface area contributed by atoms with Crippen LogP contribution >= 0.6 is 0 Å². The molecule has 172 valence electrons. The van der Waals surface area contributed by atoms with E-state index in [0.29, 0.717) is 19.7 Å². The largest absolute Gasteiger partial charge is 0.450 e. The van der Waals surface area contributed by atoms with Gasteiger partial charge in [-0.1, -0.05) is 12.1 Å². The molecule has 2 amide bonds. The number of aromatic nitrogens is 2. The number of piperidine rings is 2.